The second kappa shape index (κ2) is 5.18. The summed E-state index contributed by atoms with van der Waals surface area (Å²) in [5.41, 5.74) is -0.213. The summed E-state index contributed by atoms with van der Waals surface area (Å²) >= 11 is 0. The van der Waals surface area contributed by atoms with Gasteiger partial charge >= 0.3 is 5.97 Å². The first-order valence-electron chi connectivity index (χ1n) is 5.73. The molecule has 0 aliphatic carbocycles. The van der Waals surface area contributed by atoms with E-state index >= 15 is 0 Å². The maximum absolute atomic E-state index is 12.2. The van der Waals surface area contributed by atoms with Crippen LogP contribution in [-0.4, -0.2) is 58.2 Å². The van der Waals surface area contributed by atoms with E-state index in [0.29, 0.717) is 13.2 Å². The molecule has 0 radical (unpaired) electrons. The van der Waals surface area contributed by atoms with Crippen molar-refractivity contribution in [1.82, 2.24) is 14.9 Å². The predicted octanol–water partition coefficient (Wildman–Crippen LogP) is 0.359. The van der Waals surface area contributed by atoms with Crippen LogP contribution in [0.5, 0.6) is 0 Å². The maximum Gasteiger partial charge on any atom is 0.354 e. The first-order valence-corrected chi connectivity index (χ1v) is 5.73. The highest BCUT2D eigenvalue weighted by molar-refractivity contribution is 6.02. The lowest BCUT2D eigenvalue weighted by atomic mass is 10.1. The molecule has 18 heavy (non-hydrogen) atoms. The van der Waals surface area contributed by atoms with E-state index in [9.17, 15) is 9.59 Å². The molecule has 2 rings (SSSR count). The number of imidazole rings is 1. The van der Waals surface area contributed by atoms with Gasteiger partial charge in [-0.15, -0.1) is 0 Å². The van der Waals surface area contributed by atoms with Crippen LogP contribution in [0.3, 0.4) is 0 Å². The van der Waals surface area contributed by atoms with E-state index in [0.717, 1.165) is 12.8 Å². The van der Waals surface area contributed by atoms with Gasteiger partial charge in [-0.05, 0) is 12.8 Å². The van der Waals surface area contributed by atoms with E-state index in [1.807, 2.05) is 0 Å². The first kappa shape index (κ1) is 12.6. The molecule has 7 heteroatoms. The Balaban J connectivity index is 2.14. The highest BCUT2D eigenvalue weighted by atomic mass is 16.5. The Hall–Kier alpha value is -1.89. The molecule has 1 amide bonds. The van der Waals surface area contributed by atoms with E-state index in [4.69, 9.17) is 9.84 Å². The molecule has 0 atom stereocenters. The number of nitrogens with zero attached hydrogens (tertiary/aromatic N) is 2. The number of carboxylic acids is 1. The van der Waals surface area contributed by atoms with E-state index < -0.39 is 5.97 Å². The van der Waals surface area contributed by atoms with Crippen LogP contribution in [0.2, 0.25) is 0 Å². The summed E-state index contributed by atoms with van der Waals surface area (Å²) in [6.07, 6.45) is 2.73. The summed E-state index contributed by atoms with van der Waals surface area (Å²) in [5.74, 6) is -1.56. The molecule has 1 aromatic rings. The Morgan fingerprint density at radius 2 is 2.17 bits per heavy atom. The van der Waals surface area contributed by atoms with Crippen LogP contribution in [0.4, 0.5) is 0 Å². The number of aromatic amines is 1. The standard InChI is InChI=1S/C11H15N3O4/c1-14(7-2-4-18-5-3-7)10(15)8-9(11(16)17)13-6-12-8/h6-7H,2-5H2,1H3,(H,12,13)(H,16,17). The van der Waals surface area contributed by atoms with Crippen molar-refractivity contribution in [2.75, 3.05) is 20.3 Å². The van der Waals surface area contributed by atoms with Crippen LogP contribution >= 0.6 is 0 Å². The molecule has 0 spiro atoms. The molecule has 7 nitrogen and oxygen atoms in total. The molecule has 1 fully saturated rings. The van der Waals surface area contributed by atoms with E-state index in [-0.39, 0.29) is 23.3 Å². The number of rotatable bonds is 3. The van der Waals surface area contributed by atoms with Gasteiger partial charge in [0.05, 0.1) is 6.33 Å². The summed E-state index contributed by atoms with van der Waals surface area (Å²) < 4.78 is 5.23. The van der Waals surface area contributed by atoms with Crippen LogP contribution in [0, 0.1) is 0 Å². The molecule has 2 N–H and O–H groups in total. The number of nitrogens with one attached hydrogen (secondary N) is 1. The summed E-state index contributed by atoms with van der Waals surface area (Å²) in [5, 5.41) is 8.93. The zero-order valence-corrected chi connectivity index (χ0v) is 10.0. The Kier molecular flexibility index (Phi) is 3.61. The molecule has 1 aromatic heterocycles. The Labute approximate surface area is 104 Å². The van der Waals surface area contributed by atoms with Crippen molar-refractivity contribution in [1.29, 1.82) is 0 Å². The number of H-pyrrole nitrogens is 1. The molecule has 0 aromatic carbocycles. The zero-order chi connectivity index (χ0) is 13.1. The Bertz CT molecular complexity index is 451. The molecule has 0 bridgehead atoms. The van der Waals surface area contributed by atoms with Gasteiger partial charge in [0.1, 0.15) is 0 Å². The second-order valence-electron chi connectivity index (χ2n) is 4.19. The highest BCUT2D eigenvalue weighted by Crippen LogP contribution is 2.16. The fraction of sp³-hybridized carbons (Fsp3) is 0.545. The average molecular weight is 253 g/mol. The number of hydrogen-bond acceptors (Lipinski definition) is 4. The number of amides is 1. The second-order valence-corrected chi connectivity index (χ2v) is 4.19. The monoisotopic (exact) mass is 253 g/mol. The van der Waals surface area contributed by atoms with Crippen LogP contribution in [-0.2, 0) is 4.74 Å². The zero-order valence-electron chi connectivity index (χ0n) is 10.0. The van der Waals surface area contributed by atoms with E-state index in [1.54, 1.807) is 11.9 Å². The summed E-state index contributed by atoms with van der Waals surface area (Å²) in [4.78, 5) is 30.9. The number of carboxylic acid groups (broad SMARTS) is 1. The van der Waals surface area contributed by atoms with E-state index in [1.165, 1.54) is 6.33 Å². The molecule has 1 aliphatic heterocycles. The topological polar surface area (TPSA) is 95.5 Å². The van der Waals surface area contributed by atoms with Gasteiger partial charge in [-0.25, -0.2) is 9.78 Å². The molecule has 1 aliphatic rings. The molecular formula is C11H15N3O4. The van der Waals surface area contributed by atoms with Crippen molar-refractivity contribution < 1.29 is 19.4 Å². The lowest BCUT2D eigenvalue weighted by Crippen LogP contribution is -2.41. The number of carbonyl (C=O) groups is 2. The summed E-state index contributed by atoms with van der Waals surface area (Å²) in [7, 11) is 1.67. The Morgan fingerprint density at radius 1 is 1.50 bits per heavy atom. The number of aromatic nitrogens is 2. The van der Waals surface area contributed by atoms with Gasteiger partial charge in [-0.1, -0.05) is 0 Å². The van der Waals surface area contributed by atoms with Crippen LogP contribution in [0.15, 0.2) is 6.33 Å². The number of aromatic carboxylic acids is 1. The Morgan fingerprint density at radius 3 is 2.78 bits per heavy atom. The molecule has 0 saturated carbocycles. The fourth-order valence-electron chi connectivity index (χ4n) is 2.02. The minimum Gasteiger partial charge on any atom is -0.477 e. The number of hydrogen-bond donors (Lipinski definition) is 2. The predicted molar refractivity (Wildman–Crippen MR) is 61.5 cm³/mol. The quantitative estimate of drug-likeness (QED) is 0.810. The maximum atomic E-state index is 12.2. The molecule has 2 heterocycles. The minimum atomic E-state index is -1.18. The van der Waals surface area contributed by atoms with Crippen molar-refractivity contribution in [2.45, 2.75) is 18.9 Å². The van der Waals surface area contributed by atoms with Gasteiger partial charge in [0.25, 0.3) is 5.91 Å². The molecular weight excluding hydrogens is 238 g/mol. The molecule has 98 valence electrons. The van der Waals surface area contributed by atoms with E-state index in [2.05, 4.69) is 9.97 Å². The van der Waals surface area contributed by atoms with Crippen LogP contribution < -0.4 is 0 Å². The average Bonchev–Trinajstić information content (AvgIpc) is 2.87. The fourth-order valence-corrected chi connectivity index (χ4v) is 2.02. The smallest absolute Gasteiger partial charge is 0.354 e. The van der Waals surface area contributed by atoms with Gasteiger partial charge in [0.2, 0.25) is 0 Å². The minimum absolute atomic E-state index is 0.0449. The van der Waals surface area contributed by atoms with Gasteiger partial charge in [0, 0.05) is 26.3 Å². The third-order valence-corrected chi connectivity index (χ3v) is 3.11. The lowest BCUT2D eigenvalue weighted by Gasteiger charge is -2.30. The third kappa shape index (κ3) is 2.35. The molecule has 1 saturated heterocycles. The third-order valence-electron chi connectivity index (χ3n) is 3.11. The number of carbonyl (C=O) groups excluding carboxylic acids is 1. The van der Waals surface area contributed by atoms with Crippen molar-refractivity contribution in [3.8, 4) is 0 Å². The van der Waals surface area contributed by atoms with Gasteiger partial charge in [0.15, 0.2) is 11.4 Å². The normalized spacial score (nSPS) is 16.5. The van der Waals surface area contributed by atoms with Crippen molar-refractivity contribution in [3.05, 3.63) is 17.7 Å². The SMILES string of the molecule is CN(C(=O)c1nc[nH]c1C(=O)O)C1CCOCC1. The van der Waals surface area contributed by atoms with Crippen LogP contribution in [0.25, 0.3) is 0 Å². The summed E-state index contributed by atoms with van der Waals surface area (Å²) in [6.45, 7) is 1.24. The number of ether oxygens (including phenoxy) is 1. The van der Waals surface area contributed by atoms with Crippen molar-refractivity contribution in [2.24, 2.45) is 0 Å². The van der Waals surface area contributed by atoms with Crippen LogP contribution in [0.1, 0.15) is 33.8 Å². The van der Waals surface area contributed by atoms with Gasteiger partial charge < -0.3 is 19.7 Å². The largest absolute Gasteiger partial charge is 0.477 e. The summed E-state index contributed by atoms with van der Waals surface area (Å²) in [6, 6.07) is 0.0737. The highest BCUT2D eigenvalue weighted by Gasteiger charge is 2.28. The van der Waals surface area contributed by atoms with Gasteiger partial charge in [-0.3, -0.25) is 4.79 Å². The van der Waals surface area contributed by atoms with Gasteiger partial charge in [-0.2, -0.15) is 0 Å². The lowest BCUT2D eigenvalue weighted by molar-refractivity contribution is 0.0355. The first-order chi connectivity index (χ1) is 8.61. The van der Waals surface area contributed by atoms with Crippen molar-refractivity contribution >= 4 is 11.9 Å². The van der Waals surface area contributed by atoms with Crippen molar-refractivity contribution in [3.63, 3.8) is 0 Å². The molecule has 0 unspecified atom stereocenters.